The first kappa shape index (κ1) is 20.5. The molecule has 1 aliphatic heterocycles. The van der Waals surface area contributed by atoms with E-state index >= 15 is 0 Å². The van der Waals surface area contributed by atoms with Gasteiger partial charge in [0.1, 0.15) is 11.8 Å². The van der Waals surface area contributed by atoms with Crippen LogP contribution in [0.4, 0.5) is 5.95 Å². The van der Waals surface area contributed by atoms with Gasteiger partial charge in [0, 0.05) is 18.8 Å². The van der Waals surface area contributed by atoms with Crippen LogP contribution in [0.3, 0.4) is 0 Å². The lowest BCUT2D eigenvalue weighted by Crippen LogP contribution is -2.51. The number of rotatable bonds is 7. The van der Waals surface area contributed by atoms with Gasteiger partial charge >= 0.3 is 5.97 Å². The molecule has 0 spiro atoms. The van der Waals surface area contributed by atoms with Crippen LogP contribution in [0, 0.1) is 6.92 Å². The summed E-state index contributed by atoms with van der Waals surface area (Å²) in [5.41, 5.74) is 1.07. The van der Waals surface area contributed by atoms with Gasteiger partial charge in [0.25, 0.3) is 0 Å². The molecule has 9 nitrogen and oxygen atoms in total. The van der Waals surface area contributed by atoms with Crippen LogP contribution in [0.25, 0.3) is 0 Å². The summed E-state index contributed by atoms with van der Waals surface area (Å²) >= 11 is 0. The molecule has 29 heavy (non-hydrogen) atoms. The maximum atomic E-state index is 12.7. The molecule has 1 saturated heterocycles. The monoisotopic (exact) mass is 400 g/mol. The van der Waals surface area contributed by atoms with Gasteiger partial charge in [0.05, 0.1) is 13.7 Å². The highest BCUT2D eigenvalue weighted by Crippen LogP contribution is 2.26. The second-order valence-electron chi connectivity index (χ2n) is 6.73. The Morgan fingerprint density at radius 1 is 1.38 bits per heavy atom. The maximum Gasteiger partial charge on any atom is 0.330 e. The Morgan fingerprint density at radius 2 is 2.21 bits per heavy atom. The number of nitrogens with zero attached hydrogens (tertiary/aromatic N) is 3. The molecule has 0 radical (unpaired) electrons. The van der Waals surface area contributed by atoms with Crippen LogP contribution < -0.4 is 15.0 Å². The fourth-order valence-corrected chi connectivity index (χ4v) is 3.20. The van der Waals surface area contributed by atoms with Crippen LogP contribution in [-0.2, 0) is 14.3 Å². The molecule has 2 N–H and O–H groups in total. The molecule has 1 unspecified atom stereocenters. The van der Waals surface area contributed by atoms with Crippen molar-refractivity contribution in [1.82, 2.24) is 15.3 Å². The van der Waals surface area contributed by atoms with E-state index in [1.807, 2.05) is 31.2 Å². The van der Waals surface area contributed by atoms with Gasteiger partial charge in [-0.1, -0.05) is 12.1 Å². The number of hydrogen-bond acceptors (Lipinski definition) is 8. The molecule has 2 aromatic rings. The van der Waals surface area contributed by atoms with Crippen LogP contribution in [0.5, 0.6) is 11.6 Å². The third-order valence-corrected chi connectivity index (χ3v) is 4.63. The first-order chi connectivity index (χ1) is 14.0. The van der Waals surface area contributed by atoms with Crippen molar-refractivity contribution in [2.75, 3.05) is 25.2 Å². The number of aryl methyl sites for hydroxylation is 1. The topological polar surface area (TPSA) is 114 Å². The van der Waals surface area contributed by atoms with Crippen molar-refractivity contribution in [3.8, 4) is 11.6 Å². The number of ether oxygens (including phenoxy) is 2. The SMILES string of the molecule is COC(=O)C(CO)NC(=O)[C@@H]1CCCN1c1nccc(Oc2cccc(C)c2)n1. The molecular weight excluding hydrogens is 376 g/mol. The third kappa shape index (κ3) is 5.00. The Hall–Kier alpha value is -3.20. The molecule has 1 aliphatic rings. The van der Waals surface area contributed by atoms with Crippen molar-refractivity contribution in [2.45, 2.75) is 31.8 Å². The third-order valence-electron chi connectivity index (χ3n) is 4.63. The number of anilines is 1. The van der Waals surface area contributed by atoms with E-state index in [9.17, 15) is 14.7 Å². The lowest BCUT2D eigenvalue weighted by molar-refractivity contribution is -0.146. The minimum atomic E-state index is -1.10. The lowest BCUT2D eigenvalue weighted by Gasteiger charge is -2.25. The van der Waals surface area contributed by atoms with Gasteiger partial charge in [-0.3, -0.25) is 4.79 Å². The molecule has 2 atom stereocenters. The summed E-state index contributed by atoms with van der Waals surface area (Å²) < 4.78 is 10.4. The van der Waals surface area contributed by atoms with Crippen molar-refractivity contribution in [2.24, 2.45) is 0 Å². The zero-order chi connectivity index (χ0) is 20.8. The summed E-state index contributed by atoms with van der Waals surface area (Å²) in [7, 11) is 1.20. The van der Waals surface area contributed by atoms with Gasteiger partial charge in [0.2, 0.25) is 17.7 Å². The number of carbonyl (C=O) groups excluding carboxylic acids is 2. The van der Waals surface area contributed by atoms with Gasteiger partial charge < -0.3 is 24.8 Å². The number of aliphatic hydroxyl groups is 1. The minimum Gasteiger partial charge on any atom is -0.467 e. The Kier molecular flexibility index (Phi) is 6.61. The van der Waals surface area contributed by atoms with Gasteiger partial charge in [-0.25, -0.2) is 9.78 Å². The highest BCUT2D eigenvalue weighted by atomic mass is 16.5. The molecule has 0 bridgehead atoms. The fraction of sp³-hybridized carbons (Fsp3) is 0.400. The molecule has 1 aromatic carbocycles. The van der Waals surface area contributed by atoms with Gasteiger partial charge in [0.15, 0.2) is 6.04 Å². The second kappa shape index (κ2) is 9.33. The number of nitrogens with one attached hydrogen (secondary N) is 1. The van der Waals surface area contributed by atoms with E-state index in [1.165, 1.54) is 7.11 Å². The average Bonchev–Trinajstić information content (AvgIpc) is 3.21. The standard InChI is InChI=1S/C20H24N4O5/c1-13-5-3-6-14(11-13)29-17-8-9-21-20(23-17)24-10-4-7-16(24)18(26)22-15(12-25)19(27)28-2/h3,5-6,8-9,11,15-16,25H,4,7,10,12H2,1-2H3,(H,22,26)/t15?,16-/m0/s1. The van der Waals surface area contributed by atoms with E-state index < -0.39 is 24.7 Å². The number of esters is 1. The summed E-state index contributed by atoms with van der Waals surface area (Å²) in [5.74, 6) is 0.311. The minimum absolute atomic E-state index is 0.367. The largest absolute Gasteiger partial charge is 0.467 e. The number of methoxy groups -OCH3 is 1. The summed E-state index contributed by atoms with van der Waals surface area (Å²) in [6, 6.07) is 7.59. The predicted octanol–water partition coefficient (Wildman–Crippen LogP) is 1.20. The van der Waals surface area contributed by atoms with E-state index in [-0.39, 0.29) is 5.91 Å². The average molecular weight is 400 g/mol. The normalized spacial score (nSPS) is 16.9. The second-order valence-corrected chi connectivity index (χ2v) is 6.73. The number of aromatic nitrogens is 2. The molecule has 9 heteroatoms. The Balaban J connectivity index is 1.73. The first-order valence-electron chi connectivity index (χ1n) is 9.35. The van der Waals surface area contributed by atoms with Crippen molar-refractivity contribution < 1.29 is 24.2 Å². The van der Waals surface area contributed by atoms with Crippen molar-refractivity contribution in [3.05, 3.63) is 42.1 Å². The molecule has 0 saturated carbocycles. The lowest BCUT2D eigenvalue weighted by atomic mass is 10.2. The predicted molar refractivity (Wildman–Crippen MR) is 105 cm³/mol. The number of benzene rings is 1. The van der Waals surface area contributed by atoms with Crippen LogP contribution in [0.1, 0.15) is 18.4 Å². The van der Waals surface area contributed by atoms with Crippen molar-refractivity contribution >= 4 is 17.8 Å². The van der Waals surface area contributed by atoms with E-state index in [0.717, 1.165) is 12.0 Å². The Bertz CT molecular complexity index is 875. The zero-order valence-electron chi connectivity index (χ0n) is 16.4. The zero-order valence-corrected chi connectivity index (χ0v) is 16.4. The van der Waals surface area contributed by atoms with Crippen molar-refractivity contribution in [1.29, 1.82) is 0 Å². The number of carbonyl (C=O) groups is 2. The number of amides is 1. The molecule has 154 valence electrons. The first-order valence-corrected chi connectivity index (χ1v) is 9.35. The van der Waals surface area contributed by atoms with E-state index in [4.69, 9.17) is 4.74 Å². The highest BCUT2D eigenvalue weighted by Gasteiger charge is 2.34. The van der Waals surface area contributed by atoms with E-state index in [2.05, 4.69) is 20.0 Å². The quantitative estimate of drug-likeness (QED) is 0.667. The molecule has 3 rings (SSSR count). The van der Waals surface area contributed by atoms with Gasteiger partial charge in [-0.05, 0) is 37.5 Å². The molecule has 1 amide bonds. The molecular formula is C20H24N4O5. The fourth-order valence-electron chi connectivity index (χ4n) is 3.20. The molecule has 1 fully saturated rings. The Labute approximate surface area is 168 Å². The summed E-state index contributed by atoms with van der Waals surface area (Å²) in [5, 5.41) is 11.9. The summed E-state index contributed by atoms with van der Waals surface area (Å²) in [6.07, 6.45) is 2.93. The number of hydrogen-bond donors (Lipinski definition) is 2. The smallest absolute Gasteiger partial charge is 0.330 e. The highest BCUT2D eigenvalue weighted by molar-refractivity contribution is 5.89. The number of aliphatic hydroxyl groups excluding tert-OH is 1. The van der Waals surface area contributed by atoms with Crippen LogP contribution in [0.15, 0.2) is 36.5 Å². The summed E-state index contributed by atoms with van der Waals surface area (Å²) in [4.78, 5) is 34.8. The van der Waals surface area contributed by atoms with Crippen LogP contribution in [0.2, 0.25) is 0 Å². The summed E-state index contributed by atoms with van der Waals surface area (Å²) in [6.45, 7) is 2.02. The van der Waals surface area contributed by atoms with Crippen LogP contribution >= 0.6 is 0 Å². The van der Waals surface area contributed by atoms with Crippen LogP contribution in [-0.4, -0.2) is 59.3 Å². The molecule has 2 heterocycles. The molecule has 0 aliphatic carbocycles. The Morgan fingerprint density at radius 3 is 2.93 bits per heavy atom. The van der Waals surface area contributed by atoms with E-state index in [1.54, 1.807) is 17.2 Å². The van der Waals surface area contributed by atoms with Gasteiger partial charge in [-0.2, -0.15) is 4.98 Å². The van der Waals surface area contributed by atoms with Crippen molar-refractivity contribution in [3.63, 3.8) is 0 Å². The molecule has 1 aromatic heterocycles. The van der Waals surface area contributed by atoms with E-state index in [0.29, 0.717) is 30.5 Å². The van der Waals surface area contributed by atoms with Gasteiger partial charge in [-0.15, -0.1) is 0 Å². The maximum absolute atomic E-state index is 12.7.